The number of carbonyl (C=O) groups excluding carboxylic acids is 1. The van der Waals surface area contributed by atoms with Crippen LogP contribution in [0.15, 0.2) is 12.3 Å². The predicted octanol–water partition coefficient (Wildman–Crippen LogP) is -2.27. The zero-order chi connectivity index (χ0) is 13.3. The first kappa shape index (κ1) is 12.8. The van der Waals surface area contributed by atoms with E-state index in [9.17, 15) is 15.0 Å². The van der Waals surface area contributed by atoms with Crippen LogP contribution in [-0.4, -0.2) is 56.1 Å². The van der Waals surface area contributed by atoms with E-state index >= 15 is 0 Å². The highest BCUT2D eigenvalue weighted by molar-refractivity contribution is 5.88. The first-order valence-electron chi connectivity index (χ1n) is 5.29. The molecule has 0 spiro atoms. The normalized spacial score (nSPS) is 31.5. The summed E-state index contributed by atoms with van der Waals surface area (Å²) in [5.74, 6) is -1.01. The Bertz CT molecular complexity index is 455. The van der Waals surface area contributed by atoms with Crippen LogP contribution in [0, 0.1) is 0 Å². The van der Waals surface area contributed by atoms with Crippen molar-refractivity contribution < 1.29 is 24.9 Å². The van der Waals surface area contributed by atoms with Crippen molar-refractivity contribution in [1.82, 2.24) is 9.97 Å². The van der Waals surface area contributed by atoms with Crippen molar-refractivity contribution in [3.05, 3.63) is 23.8 Å². The standard InChI is InChI=1S/C10H13N3O5/c11-9(17)10-12-2-1-4(13-10)8-7(16)6(15)5(3-14)18-8/h1-2,5-8,14-16H,3H2,(H2,11,17)/t5-,6-,7-,8+/m1/s1. The van der Waals surface area contributed by atoms with Crippen LogP contribution in [0.4, 0.5) is 0 Å². The highest BCUT2D eigenvalue weighted by Gasteiger charge is 2.43. The third-order valence-electron chi connectivity index (χ3n) is 2.73. The number of nitrogens with two attached hydrogens (primary N) is 1. The second kappa shape index (κ2) is 4.94. The van der Waals surface area contributed by atoms with Gasteiger partial charge in [-0.3, -0.25) is 4.79 Å². The van der Waals surface area contributed by atoms with Crippen molar-refractivity contribution in [3.8, 4) is 0 Å². The largest absolute Gasteiger partial charge is 0.394 e. The van der Waals surface area contributed by atoms with Gasteiger partial charge in [0.25, 0.3) is 5.91 Å². The van der Waals surface area contributed by atoms with Gasteiger partial charge in [0, 0.05) is 6.20 Å². The number of aromatic nitrogens is 2. The first-order chi connectivity index (χ1) is 8.54. The van der Waals surface area contributed by atoms with Crippen LogP contribution >= 0.6 is 0 Å². The van der Waals surface area contributed by atoms with Crippen molar-refractivity contribution in [2.75, 3.05) is 6.61 Å². The van der Waals surface area contributed by atoms with E-state index in [0.29, 0.717) is 0 Å². The van der Waals surface area contributed by atoms with E-state index in [1.807, 2.05) is 0 Å². The van der Waals surface area contributed by atoms with Gasteiger partial charge in [-0.15, -0.1) is 0 Å². The molecular formula is C10H13N3O5. The molecule has 8 heteroatoms. The molecular weight excluding hydrogens is 242 g/mol. The molecule has 0 aliphatic carbocycles. The van der Waals surface area contributed by atoms with Gasteiger partial charge in [-0.05, 0) is 6.07 Å². The topological polar surface area (TPSA) is 139 Å². The second-order valence-corrected chi connectivity index (χ2v) is 3.93. The summed E-state index contributed by atoms with van der Waals surface area (Å²) in [4.78, 5) is 18.4. The molecule has 1 aliphatic heterocycles. The van der Waals surface area contributed by atoms with Crippen molar-refractivity contribution in [3.63, 3.8) is 0 Å². The lowest BCUT2D eigenvalue weighted by molar-refractivity contribution is -0.0240. The van der Waals surface area contributed by atoms with E-state index in [1.165, 1.54) is 12.3 Å². The number of ether oxygens (including phenoxy) is 1. The number of carbonyl (C=O) groups is 1. The van der Waals surface area contributed by atoms with Crippen molar-refractivity contribution >= 4 is 5.91 Å². The molecule has 1 aromatic heterocycles. The first-order valence-corrected chi connectivity index (χ1v) is 5.29. The molecule has 1 fully saturated rings. The van der Waals surface area contributed by atoms with E-state index in [1.54, 1.807) is 0 Å². The van der Waals surface area contributed by atoms with Crippen LogP contribution < -0.4 is 5.73 Å². The molecule has 4 atom stereocenters. The Balaban J connectivity index is 2.27. The van der Waals surface area contributed by atoms with Gasteiger partial charge in [0.2, 0.25) is 5.82 Å². The minimum atomic E-state index is -1.24. The van der Waals surface area contributed by atoms with Crippen LogP contribution in [0.3, 0.4) is 0 Å². The maximum Gasteiger partial charge on any atom is 0.286 e. The molecule has 2 rings (SSSR count). The predicted molar refractivity (Wildman–Crippen MR) is 57.3 cm³/mol. The van der Waals surface area contributed by atoms with E-state index in [-0.39, 0.29) is 11.5 Å². The molecule has 0 unspecified atom stereocenters. The van der Waals surface area contributed by atoms with Crippen molar-refractivity contribution in [2.24, 2.45) is 5.73 Å². The molecule has 1 aromatic rings. The number of hydrogen-bond donors (Lipinski definition) is 4. The van der Waals surface area contributed by atoms with Gasteiger partial charge in [-0.25, -0.2) is 9.97 Å². The maximum atomic E-state index is 10.9. The minimum Gasteiger partial charge on any atom is -0.394 e. The lowest BCUT2D eigenvalue weighted by atomic mass is 10.1. The highest BCUT2D eigenvalue weighted by atomic mass is 16.6. The number of hydrogen-bond acceptors (Lipinski definition) is 7. The summed E-state index contributed by atoms with van der Waals surface area (Å²) in [7, 11) is 0. The number of aliphatic hydroxyl groups excluding tert-OH is 3. The smallest absolute Gasteiger partial charge is 0.286 e. The number of amides is 1. The summed E-state index contributed by atoms with van der Waals surface area (Å²) in [6.45, 7) is -0.428. The summed E-state index contributed by atoms with van der Waals surface area (Å²) in [6, 6.07) is 1.44. The third-order valence-corrected chi connectivity index (χ3v) is 2.73. The van der Waals surface area contributed by atoms with Gasteiger partial charge in [-0.1, -0.05) is 0 Å². The van der Waals surface area contributed by atoms with Crippen LogP contribution in [0.5, 0.6) is 0 Å². The van der Waals surface area contributed by atoms with Crippen LogP contribution in [0.1, 0.15) is 22.4 Å². The van der Waals surface area contributed by atoms with Gasteiger partial charge in [0.1, 0.15) is 24.4 Å². The number of primary amides is 1. The van der Waals surface area contributed by atoms with Gasteiger partial charge < -0.3 is 25.8 Å². The van der Waals surface area contributed by atoms with Crippen LogP contribution in [0.2, 0.25) is 0 Å². The number of nitrogens with zero attached hydrogens (tertiary/aromatic N) is 2. The fraction of sp³-hybridized carbons (Fsp3) is 0.500. The summed E-state index contributed by atoms with van der Waals surface area (Å²) in [6.07, 6.45) is -2.98. The Hall–Kier alpha value is -1.61. The molecule has 5 N–H and O–H groups in total. The molecule has 1 amide bonds. The van der Waals surface area contributed by atoms with Crippen molar-refractivity contribution in [2.45, 2.75) is 24.4 Å². The lowest BCUT2D eigenvalue weighted by Gasteiger charge is -2.13. The molecule has 18 heavy (non-hydrogen) atoms. The summed E-state index contributed by atoms with van der Waals surface area (Å²) < 4.78 is 5.26. The number of aliphatic hydroxyl groups is 3. The molecule has 0 radical (unpaired) electrons. The van der Waals surface area contributed by atoms with Gasteiger partial charge in [0.05, 0.1) is 12.3 Å². The van der Waals surface area contributed by atoms with E-state index in [0.717, 1.165) is 0 Å². The van der Waals surface area contributed by atoms with Gasteiger partial charge in [-0.2, -0.15) is 0 Å². The van der Waals surface area contributed by atoms with Gasteiger partial charge in [0.15, 0.2) is 0 Å². The fourth-order valence-electron chi connectivity index (χ4n) is 1.79. The Kier molecular flexibility index (Phi) is 3.53. The van der Waals surface area contributed by atoms with Gasteiger partial charge >= 0.3 is 0 Å². The zero-order valence-electron chi connectivity index (χ0n) is 9.30. The average Bonchev–Trinajstić information content (AvgIpc) is 2.66. The molecule has 1 saturated heterocycles. The van der Waals surface area contributed by atoms with Crippen molar-refractivity contribution in [1.29, 1.82) is 0 Å². The van der Waals surface area contributed by atoms with Crippen LogP contribution in [0.25, 0.3) is 0 Å². The fourth-order valence-corrected chi connectivity index (χ4v) is 1.79. The second-order valence-electron chi connectivity index (χ2n) is 3.93. The van der Waals surface area contributed by atoms with Crippen LogP contribution in [-0.2, 0) is 4.74 Å². The zero-order valence-corrected chi connectivity index (χ0v) is 9.30. The summed E-state index contributed by atoms with van der Waals surface area (Å²) in [5, 5.41) is 28.3. The molecule has 98 valence electrons. The van der Waals surface area contributed by atoms with E-state index in [4.69, 9.17) is 15.6 Å². The maximum absolute atomic E-state index is 10.9. The van der Waals surface area contributed by atoms with E-state index < -0.39 is 36.9 Å². The average molecular weight is 255 g/mol. The summed E-state index contributed by atoms with van der Waals surface area (Å²) >= 11 is 0. The molecule has 0 saturated carbocycles. The molecule has 8 nitrogen and oxygen atoms in total. The summed E-state index contributed by atoms with van der Waals surface area (Å²) in [5.41, 5.74) is 5.26. The Morgan fingerprint density at radius 3 is 2.72 bits per heavy atom. The SMILES string of the molecule is NC(=O)c1nccc([C@@H]2O[C@H](CO)[C@@H](O)[C@H]2O)n1. The quantitative estimate of drug-likeness (QED) is 0.477. The molecule has 0 bridgehead atoms. The number of rotatable bonds is 3. The Morgan fingerprint density at radius 2 is 2.17 bits per heavy atom. The molecule has 1 aliphatic rings. The third kappa shape index (κ3) is 2.18. The van der Waals surface area contributed by atoms with E-state index in [2.05, 4.69) is 9.97 Å². The monoisotopic (exact) mass is 255 g/mol. The Morgan fingerprint density at radius 1 is 1.44 bits per heavy atom. The molecule has 0 aromatic carbocycles. The lowest BCUT2D eigenvalue weighted by Crippen LogP contribution is -2.32. The highest BCUT2D eigenvalue weighted by Crippen LogP contribution is 2.32. The minimum absolute atomic E-state index is 0.203. The Labute approximate surface area is 102 Å². The molecule has 2 heterocycles.